The number of likely N-dealkylation sites (tertiary alicyclic amines) is 1. The SMILES string of the molecule is CC(C)(O)c1cnnn1[C@H]1C[C@@H](C(=O)NC2(C(=O)C(N)=O)CCOCC2)N(C(=O)C(CC2CCCCC2)=NC(=O)c2ccc3cc(OC(F)(F)F)ccc3c2)C1. The molecule has 0 unspecified atom stereocenters. The molecule has 2 aliphatic heterocycles. The van der Waals surface area contributed by atoms with Crippen molar-refractivity contribution in [3.8, 4) is 5.75 Å². The van der Waals surface area contributed by atoms with Crippen LogP contribution < -0.4 is 15.8 Å². The minimum absolute atomic E-state index is 0.0180. The minimum Gasteiger partial charge on any atom is -0.406 e. The molecular weight excluding hydrogens is 739 g/mol. The highest BCUT2D eigenvalue weighted by Gasteiger charge is 2.49. The third-order valence-corrected chi connectivity index (χ3v) is 10.7. The van der Waals surface area contributed by atoms with E-state index in [0.717, 1.165) is 38.2 Å². The van der Waals surface area contributed by atoms with Gasteiger partial charge in [-0.1, -0.05) is 49.5 Å². The first kappa shape index (κ1) is 40.4. The second-order valence-electron chi connectivity index (χ2n) is 15.2. The van der Waals surface area contributed by atoms with E-state index in [1.54, 1.807) is 0 Å². The molecule has 2 saturated heterocycles. The van der Waals surface area contributed by atoms with Gasteiger partial charge in [-0.15, -0.1) is 18.3 Å². The number of nitrogens with zero attached hydrogens (tertiary/aromatic N) is 5. The van der Waals surface area contributed by atoms with Crippen molar-refractivity contribution in [3.63, 3.8) is 0 Å². The van der Waals surface area contributed by atoms with Crippen molar-refractivity contribution in [2.75, 3.05) is 19.8 Å². The number of ketones is 1. The van der Waals surface area contributed by atoms with Gasteiger partial charge in [-0.05, 0) is 61.2 Å². The summed E-state index contributed by atoms with van der Waals surface area (Å²) in [5.41, 5.74) is 2.65. The predicted molar refractivity (Wildman–Crippen MR) is 193 cm³/mol. The van der Waals surface area contributed by atoms with E-state index in [4.69, 9.17) is 10.5 Å². The zero-order chi connectivity index (χ0) is 40.4. The van der Waals surface area contributed by atoms with E-state index in [2.05, 4.69) is 25.4 Å². The Kier molecular flexibility index (Phi) is 11.6. The zero-order valence-electron chi connectivity index (χ0n) is 31.0. The van der Waals surface area contributed by atoms with Crippen molar-refractivity contribution in [3.05, 3.63) is 53.9 Å². The van der Waals surface area contributed by atoms with Gasteiger partial charge in [0.25, 0.3) is 17.7 Å². The number of nitrogens with two attached hydrogens (primary N) is 1. The Morgan fingerprint density at radius 2 is 1.71 bits per heavy atom. The monoisotopic (exact) mass is 783 g/mol. The number of ether oxygens (including phenoxy) is 2. The molecular formula is C38H44F3N7O8. The van der Waals surface area contributed by atoms with Gasteiger partial charge in [0.15, 0.2) is 0 Å². The number of nitrogens with one attached hydrogen (secondary N) is 1. The van der Waals surface area contributed by atoms with E-state index in [1.807, 2.05) is 0 Å². The summed E-state index contributed by atoms with van der Waals surface area (Å²) in [5, 5.41) is 22.5. The summed E-state index contributed by atoms with van der Waals surface area (Å²) in [6.45, 7) is 3.11. The number of rotatable bonds is 11. The quantitative estimate of drug-likeness (QED) is 0.190. The second-order valence-corrected chi connectivity index (χ2v) is 15.2. The lowest BCUT2D eigenvalue weighted by molar-refractivity contribution is -0.274. The molecule has 1 aliphatic carbocycles. The number of carbonyl (C=O) groups is 5. The van der Waals surface area contributed by atoms with Crippen LogP contribution in [0, 0.1) is 5.92 Å². The number of Topliss-reactive ketones (excluding diaryl/α,β-unsaturated/α-hetero) is 1. The number of primary amides is 1. The maximum absolute atomic E-state index is 14.8. The molecule has 18 heteroatoms. The molecule has 3 aliphatic rings. The number of alkyl halides is 3. The van der Waals surface area contributed by atoms with Gasteiger partial charge in [-0.25, -0.2) is 9.67 Å². The lowest BCUT2D eigenvalue weighted by Gasteiger charge is -2.37. The van der Waals surface area contributed by atoms with Crippen LogP contribution in [0.2, 0.25) is 0 Å². The summed E-state index contributed by atoms with van der Waals surface area (Å²) in [5.74, 6) is -4.84. The first-order valence-corrected chi connectivity index (χ1v) is 18.5. The number of aliphatic imine (C=N–C) groups is 1. The standard InChI is InChI=1S/C38H44F3N7O8/c1-36(2,54)30-20-43-46-48(30)26-19-29(34(52)45-37(31(49)32(42)50)12-14-55-15-13-37)47(21-26)35(53)28(16-22-6-4-3-5-7-22)44-33(51)25-9-8-24-18-27(56-38(39,40)41)11-10-23(24)17-25/h8-11,17-18,20,22,26,29,54H,3-7,12-16,19,21H2,1-2H3,(H2,42,50)(H,45,52)/t26-,29-/m0/s1. The van der Waals surface area contributed by atoms with Crippen LogP contribution in [0.5, 0.6) is 5.75 Å². The summed E-state index contributed by atoms with van der Waals surface area (Å²) in [6.07, 6.45) is 1.00. The van der Waals surface area contributed by atoms with E-state index >= 15 is 0 Å². The van der Waals surface area contributed by atoms with Crippen molar-refractivity contribution in [1.29, 1.82) is 0 Å². The molecule has 4 amide bonds. The third-order valence-electron chi connectivity index (χ3n) is 10.7. The van der Waals surface area contributed by atoms with Gasteiger partial charge in [0.1, 0.15) is 28.6 Å². The number of aromatic nitrogens is 3. The van der Waals surface area contributed by atoms with Crippen LogP contribution >= 0.6 is 0 Å². The second kappa shape index (κ2) is 16.1. The van der Waals surface area contributed by atoms with E-state index in [1.165, 1.54) is 60.0 Å². The van der Waals surface area contributed by atoms with Crippen molar-refractivity contribution >= 4 is 45.9 Å². The van der Waals surface area contributed by atoms with Gasteiger partial charge in [0.05, 0.1) is 17.9 Å². The Labute approximate surface area is 319 Å². The van der Waals surface area contributed by atoms with Crippen LogP contribution in [0.15, 0.2) is 47.6 Å². The maximum Gasteiger partial charge on any atom is 0.573 e. The largest absolute Gasteiger partial charge is 0.573 e. The van der Waals surface area contributed by atoms with Gasteiger partial charge < -0.3 is 30.5 Å². The number of amides is 4. The molecule has 56 heavy (non-hydrogen) atoms. The molecule has 2 aromatic carbocycles. The molecule has 4 N–H and O–H groups in total. The predicted octanol–water partition coefficient (Wildman–Crippen LogP) is 3.67. The summed E-state index contributed by atoms with van der Waals surface area (Å²) >= 11 is 0. The third kappa shape index (κ3) is 9.07. The molecule has 3 heterocycles. The highest BCUT2D eigenvalue weighted by molar-refractivity contribution is 6.41. The fraction of sp³-hybridized carbons (Fsp3) is 0.526. The summed E-state index contributed by atoms with van der Waals surface area (Å²) in [7, 11) is 0. The molecule has 0 spiro atoms. The van der Waals surface area contributed by atoms with Crippen LogP contribution in [0.1, 0.15) is 93.7 Å². The fourth-order valence-electron chi connectivity index (χ4n) is 7.85. The van der Waals surface area contributed by atoms with Gasteiger partial charge >= 0.3 is 6.36 Å². The first-order valence-electron chi connectivity index (χ1n) is 18.5. The number of carbonyl (C=O) groups excluding carboxylic acids is 5. The fourth-order valence-corrected chi connectivity index (χ4v) is 7.85. The number of benzene rings is 2. The van der Waals surface area contributed by atoms with Gasteiger partial charge in [0, 0.05) is 44.6 Å². The minimum atomic E-state index is -4.88. The smallest absolute Gasteiger partial charge is 0.406 e. The number of fused-ring (bicyclic) bond motifs is 1. The van der Waals surface area contributed by atoms with Crippen molar-refractivity contribution in [2.45, 2.75) is 101 Å². The van der Waals surface area contributed by atoms with E-state index in [-0.39, 0.29) is 62.6 Å². The Balaban J connectivity index is 1.36. The number of hydrogen-bond donors (Lipinski definition) is 3. The molecule has 300 valence electrons. The molecule has 1 aromatic heterocycles. The van der Waals surface area contributed by atoms with Gasteiger partial charge in [-0.3, -0.25) is 24.0 Å². The number of hydrogen-bond acceptors (Lipinski definition) is 10. The molecule has 2 atom stereocenters. The van der Waals surface area contributed by atoms with Gasteiger partial charge in [-0.2, -0.15) is 0 Å². The molecule has 0 bridgehead atoms. The lowest BCUT2D eigenvalue weighted by Crippen LogP contribution is -2.63. The van der Waals surface area contributed by atoms with Crippen molar-refractivity contribution in [2.24, 2.45) is 16.6 Å². The maximum atomic E-state index is 14.8. The van der Waals surface area contributed by atoms with Crippen LogP contribution in [-0.2, 0) is 29.5 Å². The van der Waals surface area contributed by atoms with E-state index < -0.39 is 64.7 Å². The van der Waals surface area contributed by atoms with Crippen molar-refractivity contribution < 1.29 is 51.7 Å². The van der Waals surface area contributed by atoms with Crippen LogP contribution in [0.25, 0.3) is 10.8 Å². The number of aliphatic hydroxyl groups is 1. The average molecular weight is 784 g/mol. The molecule has 3 aromatic rings. The van der Waals surface area contributed by atoms with Crippen molar-refractivity contribution in [1.82, 2.24) is 25.2 Å². The Morgan fingerprint density at radius 1 is 1.04 bits per heavy atom. The normalized spacial score (nSPS) is 20.8. The average Bonchev–Trinajstić information content (AvgIpc) is 3.83. The molecule has 1 saturated carbocycles. The summed E-state index contributed by atoms with van der Waals surface area (Å²) in [6, 6.07) is 6.05. The highest BCUT2D eigenvalue weighted by atomic mass is 19.4. The first-order chi connectivity index (χ1) is 26.4. The molecule has 15 nitrogen and oxygen atoms in total. The van der Waals surface area contributed by atoms with E-state index in [9.17, 15) is 42.3 Å². The van der Waals surface area contributed by atoms with Crippen LogP contribution in [-0.4, -0.2) is 97.8 Å². The van der Waals surface area contributed by atoms with Crippen LogP contribution in [0.3, 0.4) is 0 Å². The highest BCUT2D eigenvalue weighted by Crippen LogP contribution is 2.34. The zero-order valence-corrected chi connectivity index (χ0v) is 31.0. The number of halogens is 3. The molecule has 6 rings (SSSR count). The Hall–Kier alpha value is -5.23. The summed E-state index contributed by atoms with van der Waals surface area (Å²) < 4.78 is 49.3. The van der Waals surface area contributed by atoms with Gasteiger partial charge in [0.2, 0.25) is 11.7 Å². The Bertz CT molecular complexity index is 2030. The topological polar surface area (TPSA) is 208 Å². The molecule has 3 fully saturated rings. The lowest BCUT2D eigenvalue weighted by atomic mass is 9.84. The summed E-state index contributed by atoms with van der Waals surface area (Å²) in [4.78, 5) is 73.8. The van der Waals surface area contributed by atoms with E-state index in [0.29, 0.717) is 16.5 Å². The Morgan fingerprint density at radius 3 is 2.38 bits per heavy atom. The molecule has 0 radical (unpaired) electrons. The van der Waals surface area contributed by atoms with Crippen LogP contribution in [0.4, 0.5) is 13.2 Å².